The number of amides is 2. The van der Waals surface area contributed by atoms with E-state index in [4.69, 9.17) is 0 Å². The van der Waals surface area contributed by atoms with Crippen molar-refractivity contribution in [3.63, 3.8) is 0 Å². The summed E-state index contributed by atoms with van der Waals surface area (Å²) in [5.41, 5.74) is 0.836. The van der Waals surface area contributed by atoms with E-state index in [1.54, 1.807) is 13.0 Å². The van der Waals surface area contributed by atoms with E-state index in [1.165, 1.54) is 12.1 Å². The van der Waals surface area contributed by atoms with Gasteiger partial charge in [-0.15, -0.1) is 0 Å². The molecule has 7 heteroatoms. The minimum Gasteiger partial charge on any atom is -0.393 e. The minimum absolute atomic E-state index is 0.0198. The average molecular weight is 293 g/mol. The van der Waals surface area contributed by atoms with Crippen molar-refractivity contribution in [2.75, 3.05) is 5.32 Å². The summed E-state index contributed by atoms with van der Waals surface area (Å²) in [4.78, 5) is 22.3. The molecule has 1 aliphatic rings. The van der Waals surface area contributed by atoms with Crippen molar-refractivity contribution in [1.29, 1.82) is 0 Å². The molecule has 0 unspecified atom stereocenters. The number of carbonyl (C=O) groups is 1. The fourth-order valence-electron chi connectivity index (χ4n) is 2.52. The number of benzene rings is 1. The number of urea groups is 1. The van der Waals surface area contributed by atoms with Crippen LogP contribution >= 0.6 is 0 Å². The van der Waals surface area contributed by atoms with Gasteiger partial charge in [0, 0.05) is 12.1 Å². The van der Waals surface area contributed by atoms with Gasteiger partial charge in [-0.3, -0.25) is 10.1 Å². The molecule has 1 aliphatic carbocycles. The topological polar surface area (TPSA) is 104 Å². The van der Waals surface area contributed by atoms with Crippen LogP contribution in [0.5, 0.6) is 0 Å². The first kappa shape index (κ1) is 15.2. The van der Waals surface area contributed by atoms with Gasteiger partial charge in [0.1, 0.15) is 0 Å². The van der Waals surface area contributed by atoms with E-state index < -0.39 is 4.92 Å². The van der Waals surface area contributed by atoms with Gasteiger partial charge in [0.25, 0.3) is 5.69 Å². The summed E-state index contributed by atoms with van der Waals surface area (Å²) in [6.45, 7) is 1.60. The van der Waals surface area contributed by atoms with Crippen LogP contribution in [0.4, 0.5) is 16.2 Å². The Morgan fingerprint density at radius 3 is 2.62 bits per heavy atom. The third-order valence-corrected chi connectivity index (χ3v) is 3.78. The molecule has 7 nitrogen and oxygen atoms in total. The number of anilines is 1. The molecule has 1 fully saturated rings. The molecule has 0 bridgehead atoms. The van der Waals surface area contributed by atoms with Crippen LogP contribution < -0.4 is 10.6 Å². The lowest BCUT2D eigenvalue weighted by Crippen LogP contribution is -2.41. The zero-order valence-corrected chi connectivity index (χ0v) is 11.8. The minimum atomic E-state index is -0.471. The highest BCUT2D eigenvalue weighted by Crippen LogP contribution is 2.25. The van der Waals surface area contributed by atoms with Gasteiger partial charge in [-0.05, 0) is 38.7 Å². The molecule has 1 aromatic carbocycles. The van der Waals surface area contributed by atoms with Gasteiger partial charge >= 0.3 is 6.03 Å². The average Bonchev–Trinajstić information content (AvgIpc) is 2.43. The number of nitrogens with zero attached hydrogens (tertiary/aromatic N) is 1. The third kappa shape index (κ3) is 3.91. The van der Waals surface area contributed by atoms with Crippen LogP contribution in [-0.2, 0) is 0 Å². The summed E-state index contributed by atoms with van der Waals surface area (Å²) in [6, 6.07) is 4.23. The highest BCUT2D eigenvalue weighted by Gasteiger charge is 2.21. The van der Waals surface area contributed by atoms with Crippen LogP contribution in [0, 0.1) is 17.0 Å². The number of nitrogens with one attached hydrogen (secondary N) is 2. The van der Waals surface area contributed by atoms with E-state index in [0.717, 1.165) is 12.8 Å². The van der Waals surface area contributed by atoms with Gasteiger partial charge in [0.15, 0.2) is 0 Å². The van der Waals surface area contributed by atoms with Gasteiger partial charge in [-0.25, -0.2) is 4.79 Å². The first-order valence-corrected chi connectivity index (χ1v) is 6.97. The molecule has 0 aliphatic heterocycles. The van der Waals surface area contributed by atoms with Gasteiger partial charge < -0.3 is 15.7 Å². The summed E-state index contributed by atoms with van der Waals surface area (Å²) in [6.07, 6.45) is 2.57. The SMILES string of the molecule is Cc1c(NC(=O)NC2CCC(O)CC2)cccc1[N+](=O)[O-]. The lowest BCUT2D eigenvalue weighted by Gasteiger charge is -2.26. The molecule has 0 atom stereocenters. The molecular weight excluding hydrogens is 274 g/mol. The fourth-order valence-corrected chi connectivity index (χ4v) is 2.52. The Kier molecular flexibility index (Phi) is 4.74. The monoisotopic (exact) mass is 293 g/mol. The number of rotatable bonds is 3. The molecule has 2 rings (SSSR count). The van der Waals surface area contributed by atoms with Gasteiger partial charge in [-0.2, -0.15) is 0 Å². The van der Waals surface area contributed by atoms with Gasteiger partial charge in [0.05, 0.1) is 22.3 Å². The molecule has 3 N–H and O–H groups in total. The predicted octanol–water partition coefficient (Wildman–Crippen LogP) is 2.33. The standard InChI is InChI=1S/C14H19N3O4/c1-9-12(3-2-4-13(9)17(20)21)16-14(19)15-10-5-7-11(18)8-6-10/h2-4,10-11,18H,5-8H2,1H3,(H2,15,16,19). The first-order chi connectivity index (χ1) is 9.97. The van der Waals surface area contributed by atoms with Crippen molar-refractivity contribution in [3.8, 4) is 0 Å². The molecule has 0 radical (unpaired) electrons. The second-order valence-electron chi connectivity index (χ2n) is 5.31. The zero-order valence-electron chi connectivity index (χ0n) is 11.8. The van der Waals surface area contributed by atoms with Crippen molar-refractivity contribution < 1.29 is 14.8 Å². The lowest BCUT2D eigenvalue weighted by atomic mass is 9.93. The molecule has 2 amide bonds. The van der Waals surface area contributed by atoms with Crippen LogP contribution in [0.3, 0.4) is 0 Å². The summed E-state index contributed by atoms with van der Waals surface area (Å²) in [7, 11) is 0. The summed E-state index contributed by atoms with van der Waals surface area (Å²) in [5, 5.41) is 25.8. The van der Waals surface area contributed by atoms with E-state index in [1.807, 2.05) is 0 Å². The molecule has 0 aromatic heterocycles. The van der Waals surface area contributed by atoms with E-state index in [-0.39, 0.29) is 23.9 Å². The molecule has 0 saturated heterocycles. The highest BCUT2D eigenvalue weighted by molar-refractivity contribution is 5.90. The van der Waals surface area contributed by atoms with Crippen LogP contribution in [0.1, 0.15) is 31.2 Å². The van der Waals surface area contributed by atoms with E-state index >= 15 is 0 Å². The predicted molar refractivity (Wildman–Crippen MR) is 78.3 cm³/mol. The Morgan fingerprint density at radius 2 is 2.00 bits per heavy atom. The van der Waals surface area contributed by atoms with Crippen LogP contribution in [0.15, 0.2) is 18.2 Å². The Morgan fingerprint density at radius 1 is 1.33 bits per heavy atom. The Hall–Kier alpha value is -2.15. The van der Waals surface area contributed by atoms with E-state index in [9.17, 15) is 20.0 Å². The zero-order chi connectivity index (χ0) is 15.4. The van der Waals surface area contributed by atoms with Crippen molar-refractivity contribution >= 4 is 17.4 Å². The van der Waals surface area contributed by atoms with Crippen LogP contribution in [0.25, 0.3) is 0 Å². The molecule has 1 aromatic rings. The first-order valence-electron chi connectivity index (χ1n) is 6.97. The van der Waals surface area contributed by atoms with Crippen molar-refractivity contribution in [1.82, 2.24) is 5.32 Å². The summed E-state index contributed by atoms with van der Waals surface area (Å²) >= 11 is 0. The molecule has 114 valence electrons. The molecule has 21 heavy (non-hydrogen) atoms. The van der Waals surface area contributed by atoms with Crippen molar-refractivity contribution in [2.45, 2.75) is 44.8 Å². The Bertz CT molecular complexity index is 539. The second-order valence-corrected chi connectivity index (χ2v) is 5.31. The number of nitro benzene ring substituents is 1. The van der Waals surface area contributed by atoms with Gasteiger partial charge in [-0.1, -0.05) is 6.07 Å². The third-order valence-electron chi connectivity index (χ3n) is 3.78. The summed E-state index contributed by atoms with van der Waals surface area (Å²) < 4.78 is 0. The fraction of sp³-hybridized carbons (Fsp3) is 0.500. The largest absolute Gasteiger partial charge is 0.393 e. The number of aliphatic hydroxyl groups excluding tert-OH is 1. The number of nitro groups is 1. The normalized spacial score (nSPS) is 21.6. The van der Waals surface area contributed by atoms with E-state index in [0.29, 0.717) is 24.1 Å². The quantitative estimate of drug-likeness (QED) is 0.587. The maximum atomic E-state index is 11.9. The second kappa shape index (κ2) is 6.53. The van der Waals surface area contributed by atoms with Crippen LogP contribution in [-0.4, -0.2) is 28.2 Å². The summed E-state index contributed by atoms with van der Waals surface area (Å²) in [5.74, 6) is 0. The number of carbonyl (C=O) groups excluding carboxylic acids is 1. The maximum absolute atomic E-state index is 11.9. The smallest absolute Gasteiger partial charge is 0.319 e. The molecule has 0 heterocycles. The molecule has 1 saturated carbocycles. The Labute approximate surface area is 122 Å². The van der Waals surface area contributed by atoms with Crippen LogP contribution in [0.2, 0.25) is 0 Å². The number of hydrogen-bond acceptors (Lipinski definition) is 4. The molecular formula is C14H19N3O4. The van der Waals surface area contributed by atoms with Gasteiger partial charge in [0.2, 0.25) is 0 Å². The van der Waals surface area contributed by atoms with Crippen molar-refractivity contribution in [2.24, 2.45) is 0 Å². The number of hydrogen-bond donors (Lipinski definition) is 3. The molecule has 0 spiro atoms. The van der Waals surface area contributed by atoms with E-state index in [2.05, 4.69) is 10.6 Å². The Balaban J connectivity index is 1.97. The van der Waals surface area contributed by atoms with Crippen molar-refractivity contribution in [3.05, 3.63) is 33.9 Å². The highest BCUT2D eigenvalue weighted by atomic mass is 16.6. The number of aliphatic hydroxyl groups is 1. The maximum Gasteiger partial charge on any atom is 0.319 e. The lowest BCUT2D eigenvalue weighted by molar-refractivity contribution is -0.385.